The fourth-order valence-corrected chi connectivity index (χ4v) is 1.73. The van der Waals surface area contributed by atoms with E-state index < -0.39 is 23.9 Å². The maximum absolute atomic E-state index is 11.7. The van der Waals surface area contributed by atoms with E-state index in [4.69, 9.17) is 9.47 Å². The SMILES string of the molecule is CCOC(=O)/C=C/C(=O)OCCC(=O)OC(=O)Cc1ccc(OC)cc1. The van der Waals surface area contributed by atoms with Gasteiger partial charge in [0.15, 0.2) is 0 Å². The highest BCUT2D eigenvalue weighted by Gasteiger charge is 2.12. The molecule has 8 heteroatoms. The van der Waals surface area contributed by atoms with E-state index in [1.807, 2.05) is 0 Å². The van der Waals surface area contributed by atoms with Crippen molar-refractivity contribution in [2.75, 3.05) is 20.3 Å². The maximum atomic E-state index is 11.7. The second kappa shape index (κ2) is 11.4. The zero-order valence-electron chi connectivity index (χ0n) is 14.6. The fraction of sp³-hybridized carbons (Fsp3) is 0.333. The normalized spacial score (nSPS) is 10.2. The zero-order valence-corrected chi connectivity index (χ0v) is 14.6. The summed E-state index contributed by atoms with van der Waals surface area (Å²) in [4.78, 5) is 45.5. The van der Waals surface area contributed by atoms with Crippen LogP contribution in [0.25, 0.3) is 0 Å². The van der Waals surface area contributed by atoms with Gasteiger partial charge in [-0.05, 0) is 24.6 Å². The Morgan fingerprint density at radius 3 is 2.12 bits per heavy atom. The molecule has 0 N–H and O–H groups in total. The molecule has 0 atom stereocenters. The van der Waals surface area contributed by atoms with Crippen molar-refractivity contribution < 1.29 is 38.1 Å². The zero-order chi connectivity index (χ0) is 19.4. The molecule has 26 heavy (non-hydrogen) atoms. The predicted molar refractivity (Wildman–Crippen MR) is 89.1 cm³/mol. The van der Waals surface area contributed by atoms with Gasteiger partial charge in [0, 0.05) is 12.2 Å². The quantitative estimate of drug-likeness (QED) is 0.280. The van der Waals surface area contributed by atoms with Crippen LogP contribution in [0, 0.1) is 0 Å². The number of hydrogen-bond acceptors (Lipinski definition) is 8. The van der Waals surface area contributed by atoms with Crippen LogP contribution >= 0.6 is 0 Å². The van der Waals surface area contributed by atoms with Gasteiger partial charge < -0.3 is 18.9 Å². The van der Waals surface area contributed by atoms with Gasteiger partial charge in [-0.3, -0.25) is 9.59 Å². The summed E-state index contributed by atoms with van der Waals surface area (Å²) in [6.07, 6.45) is 1.45. The van der Waals surface area contributed by atoms with Gasteiger partial charge in [0.25, 0.3) is 0 Å². The van der Waals surface area contributed by atoms with Crippen LogP contribution in [-0.4, -0.2) is 44.2 Å². The van der Waals surface area contributed by atoms with Gasteiger partial charge in [-0.25, -0.2) is 9.59 Å². The first-order valence-corrected chi connectivity index (χ1v) is 7.82. The molecular formula is C18H20O8. The van der Waals surface area contributed by atoms with Crippen LogP contribution in [0.5, 0.6) is 5.75 Å². The maximum Gasteiger partial charge on any atom is 0.331 e. The summed E-state index contributed by atoms with van der Waals surface area (Å²) in [5, 5.41) is 0. The van der Waals surface area contributed by atoms with Crippen LogP contribution in [0.1, 0.15) is 18.9 Å². The Kier molecular flexibility index (Phi) is 9.16. The Balaban J connectivity index is 2.27. The molecule has 0 aromatic heterocycles. The van der Waals surface area contributed by atoms with E-state index >= 15 is 0 Å². The van der Waals surface area contributed by atoms with Gasteiger partial charge in [0.2, 0.25) is 0 Å². The molecule has 1 aromatic rings. The number of carbonyl (C=O) groups excluding carboxylic acids is 4. The van der Waals surface area contributed by atoms with Crippen LogP contribution in [0.4, 0.5) is 0 Å². The summed E-state index contributed by atoms with van der Waals surface area (Å²) in [5.41, 5.74) is 0.666. The molecule has 0 saturated carbocycles. The van der Waals surface area contributed by atoms with Crippen molar-refractivity contribution in [3.05, 3.63) is 42.0 Å². The molecule has 0 bridgehead atoms. The van der Waals surface area contributed by atoms with Crippen molar-refractivity contribution in [1.82, 2.24) is 0 Å². The fourth-order valence-electron chi connectivity index (χ4n) is 1.73. The van der Waals surface area contributed by atoms with Crippen LogP contribution in [0.15, 0.2) is 36.4 Å². The lowest BCUT2D eigenvalue weighted by atomic mass is 10.1. The van der Waals surface area contributed by atoms with Crippen molar-refractivity contribution in [3.63, 3.8) is 0 Å². The van der Waals surface area contributed by atoms with Crippen molar-refractivity contribution >= 4 is 23.9 Å². The van der Waals surface area contributed by atoms with Gasteiger partial charge in [-0.15, -0.1) is 0 Å². The summed E-state index contributed by atoms with van der Waals surface area (Å²) in [6.45, 7) is 1.54. The third-order valence-electron chi connectivity index (χ3n) is 2.93. The molecule has 0 radical (unpaired) electrons. The number of hydrogen-bond donors (Lipinski definition) is 0. The Hall–Kier alpha value is -3.16. The van der Waals surface area contributed by atoms with E-state index in [2.05, 4.69) is 9.47 Å². The third-order valence-corrected chi connectivity index (χ3v) is 2.93. The second-order valence-corrected chi connectivity index (χ2v) is 4.87. The van der Waals surface area contributed by atoms with E-state index in [0.717, 1.165) is 12.2 Å². The monoisotopic (exact) mass is 364 g/mol. The Bertz CT molecular complexity index is 660. The summed E-state index contributed by atoms with van der Waals surface area (Å²) in [5.74, 6) is -2.36. The molecule has 0 heterocycles. The molecule has 0 fully saturated rings. The molecule has 8 nitrogen and oxygen atoms in total. The number of ether oxygens (including phenoxy) is 4. The van der Waals surface area contributed by atoms with E-state index in [-0.39, 0.29) is 26.1 Å². The first kappa shape index (κ1) is 20.9. The van der Waals surface area contributed by atoms with Gasteiger partial charge in [-0.1, -0.05) is 12.1 Å². The summed E-state index contributed by atoms with van der Waals surface area (Å²) in [7, 11) is 1.53. The minimum absolute atomic E-state index is 0.0716. The summed E-state index contributed by atoms with van der Waals surface area (Å²) in [6, 6.07) is 6.74. The molecule has 0 amide bonds. The molecule has 0 aliphatic carbocycles. The van der Waals surface area contributed by atoms with E-state index in [9.17, 15) is 19.2 Å². The molecule has 1 rings (SSSR count). The first-order chi connectivity index (χ1) is 12.4. The molecule has 0 spiro atoms. The molecule has 0 aliphatic heterocycles. The van der Waals surface area contributed by atoms with Crippen molar-refractivity contribution in [2.45, 2.75) is 19.8 Å². The van der Waals surface area contributed by atoms with Crippen LogP contribution in [-0.2, 0) is 39.8 Å². The number of methoxy groups -OCH3 is 1. The highest BCUT2D eigenvalue weighted by Crippen LogP contribution is 2.12. The number of rotatable bonds is 9. The smallest absolute Gasteiger partial charge is 0.331 e. The van der Waals surface area contributed by atoms with Crippen LogP contribution in [0.2, 0.25) is 0 Å². The molecule has 0 saturated heterocycles. The number of benzene rings is 1. The van der Waals surface area contributed by atoms with Crippen molar-refractivity contribution in [2.24, 2.45) is 0 Å². The highest BCUT2D eigenvalue weighted by molar-refractivity contribution is 5.92. The highest BCUT2D eigenvalue weighted by atomic mass is 16.6. The molecule has 0 aliphatic rings. The predicted octanol–water partition coefficient (Wildman–Crippen LogP) is 1.36. The third kappa shape index (κ3) is 8.62. The minimum Gasteiger partial charge on any atom is -0.497 e. The average Bonchev–Trinajstić information content (AvgIpc) is 2.60. The summed E-state index contributed by atoms with van der Waals surface area (Å²) >= 11 is 0. The van der Waals surface area contributed by atoms with Gasteiger partial charge in [0.05, 0.1) is 26.6 Å². The molecule has 0 unspecified atom stereocenters. The minimum atomic E-state index is -0.814. The van der Waals surface area contributed by atoms with Crippen molar-refractivity contribution in [1.29, 1.82) is 0 Å². The van der Waals surface area contributed by atoms with Crippen LogP contribution in [0.3, 0.4) is 0 Å². The lowest BCUT2D eigenvalue weighted by Gasteiger charge is -2.05. The lowest BCUT2D eigenvalue weighted by molar-refractivity contribution is -0.160. The Morgan fingerprint density at radius 2 is 1.54 bits per heavy atom. The largest absolute Gasteiger partial charge is 0.497 e. The van der Waals surface area contributed by atoms with Crippen molar-refractivity contribution in [3.8, 4) is 5.75 Å². The van der Waals surface area contributed by atoms with Crippen LogP contribution < -0.4 is 4.74 Å². The molecule has 140 valence electrons. The van der Waals surface area contributed by atoms with Gasteiger partial charge in [0.1, 0.15) is 12.4 Å². The molecule has 1 aromatic carbocycles. The second-order valence-electron chi connectivity index (χ2n) is 4.87. The van der Waals surface area contributed by atoms with E-state index in [0.29, 0.717) is 11.3 Å². The van der Waals surface area contributed by atoms with E-state index in [1.165, 1.54) is 7.11 Å². The van der Waals surface area contributed by atoms with Gasteiger partial charge >= 0.3 is 23.9 Å². The number of esters is 4. The van der Waals surface area contributed by atoms with Gasteiger partial charge in [-0.2, -0.15) is 0 Å². The summed E-state index contributed by atoms with van der Waals surface area (Å²) < 4.78 is 18.9. The molecular weight excluding hydrogens is 344 g/mol. The Morgan fingerprint density at radius 1 is 0.923 bits per heavy atom. The lowest BCUT2D eigenvalue weighted by Crippen LogP contribution is -2.16. The standard InChI is InChI=1S/C18H20O8/c1-3-24-15(19)8-9-16(20)25-11-10-17(21)26-18(22)12-13-4-6-14(23-2)7-5-13/h4-9H,3,10-12H2,1-2H3/b9-8+. The first-order valence-electron chi connectivity index (χ1n) is 7.82. The van der Waals surface area contributed by atoms with E-state index in [1.54, 1.807) is 31.2 Å². The Labute approximate surface area is 150 Å². The number of carbonyl (C=O) groups is 4. The average molecular weight is 364 g/mol. The topological polar surface area (TPSA) is 105 Å².